The molecule has 0 radical (unpaired) electrons. The number of nitrogens with zero attached hydrogens (tertiary/aromatic N) is 2. The maximum atomic E-state index is 12.2. The Kier molecular flexibility index (Phi) is 7.38. The molecule has 0 aromatic carbocycles. The van der Waals surface area contributed by atoms with Crippen molar-refractivity contribution in [1.82, 2.24) is 14.6 Å². The van der Waals surface area contributed by atoms with E-state index in [-0.39, 0.29) is 24.2 Å². The number of amides is 2. The van der Waals surface area contributed by atoms with Crippen molar-refractivity contribution in [3.8, 4) is 0 Å². The first-order valence-electron chi connectivity index (χ1n) is 9.28. The molecular weight excluding hydrogens is 432 g/mol. The largest absolute Gasteiger partial charge is 0.355 e. The molecule has 11 heteroatoms. The zero-order valence-electron chi connectivity index (χ0n) is 16.1. The highest BCUT2D eigenvalue weighted by Crippen LogP contribution is 2.19. The van der Waals surface area contributed by atoms with Crippen molar-refractivity contribution in [2.75, 3.05) is 31.2 Å². The molecule has 0 aliphatic carbocycles. The maximum Gasteiger partial charge on any atom is 0.231 e. The molecular formula is C18H24N4O4S3. The number of piperidine rings is 1. The Balaban J connectivity index is 1.38. The Hall–Kier alpha value is -1.82. The van der Waals surface area contributed by atoms with Crippen molar-refractivity contribution in [2.45, 2.75) is 25.7 Å². The first-order valence-corrected chi connectivity index (χ1v) is 12.9. The molecule has 2 aromatic heterocycles. The van der Waals surface area contributed by atoms with Crippen LogP contribution in [0.2, 0.25) is 0 Å². The van der Waals surface area contributed by atoms with Crippen LogP contribution in [0.15, 0.2) is 22.9 Å². The molecule has 8 nitrogen and oxygen atoms in total. The van der Waals surface area contributed by atoms with Gasteiger partial charge < -0.3 is 10.6 Å². The van der Waals surface area contributed by atoms with Crippen LogP contribution in [-0.2, 0) is 32.5 Å². The van der Waals surface area contributed by atoms with E-state index in [9.17, 15) is 18.0 Å². The second-order valence-electron chi connectivity index (χ2n) is 7.03. The highest BCUT2D eigenvalue weighted by atomic mass is 32.2. The third-order valence-corrected chi connectivity index (χ3v) is 7.67. The number of sulfonamides is 1. The van der Waals surface area contributed by atoms with Crippen molar-refractivity contribution in [3.05, 3.63) is 33.5 Å². The molecule has 2 aromatic rings. The van der Waals surface area contributed by atoms with Crippen molar-refractivity contribution >= 4 is 49.6 Å². The molecule has 3 heterocycles. The van der Waals surface area contributed by atoms with Crippen LogP contribution in [-0.4, -0.2) is 55.4 Å². The van der Waals surface area contributed by atoms with E-state index in [0.29, 0.717) is 36.9 Å². The van der Waals surface area contributed by atoms with E-state index in [1.807, 2.05) is 17.5 Å². The van der Waals surface area contributed by atoms with E-state index in [1.165, 1.54) is 33.2 Å². The lowest BCUT2D eigenvalue weighted by Crippen LogP contribution is -2.41. The Morgan fingerprint density at radius 1 is 1.21 bits per heavy atom. The van der Waals surface area contributed by atoms with Crippen LogP contribution in [0.1, 0.15) is 23.4 Å². The van der Waals surface area contributed by atoms with Crippen molar-refractivity contribution in [1.29, 1.82) is 0 Å². The lowest BCUT2D eigenvalue weighted by atomic mass is 9.98. The van der Waals surface area contributed by atoms with Gasteiger partial charge in [0, 0.05) is 29.9 Å². The van der Waals surface area contributed by atoms with Crippen LogP contribution >= 0.6 is 22.7 Å². The summed E-state index contributed by atoms with van der Waals surface area (Å²) in [5, 5.41) is 9.85. The zero-order valence-corrected chi connectivity index (χ0v) is 18.5. The molecule has 1 fully saturated rings. The van der Waals surface area contributed by atoms with Crippen LogP contribution in [0.3, 0.4) is 0 Å². The summed E-state index contributed by atoms with van der Waals surface area (Å²) in [5.74, 6) is 0.0232. The van der Waals surface area contributed by atoms with Gasteiger partial charge in [-0.05, 0) is 30.2 Å². The van der Waals surface area contributed by atoms with E-state index < -0.39 is 10.0 Å². The van der Waals surface area contributed by atoms with Crippen LogP contribution in [0, 0.1) is 5.92 Å². The second-order valence-corrected chi connectivity index (χ2v) is 10.9. The van der Waals surface area contributed by atoms with Crippen molar-refractivity contribution < 1.29 is 18.0 Å². The van der Waals surface area contributed by atoms with Gasteiger partial charge in [0.15, 0.2) is 5.13 Å². The third-order valence-electron chi connectivity index (χ3n) is 4.69. The highest BCUT2D eigenvalue weighted by Gasteiger charge is 2.25. The average molecular weight is 457 g/mol. The summed E-state index contributed by atoms with van der Waals surface area (Å²) in [6, 6.07) is 3.81. The molecule has 0 spiro atoms. The number of nitrogens with one attached hydrogen (secondary N) is 2. The Labute approximate surface area is 178 Å². The summed E-state index contributed by atoms with van der Waals surface area (Å²) in [4.78, 5) is 29.5. The summed E-state index contributed by atoms with van der Waals surface area (Å²) in [7, 11) is -3.13. The van der Waals surface area contributed by atoms with E-state index in [1.54, 1.807) is 5.38 Å². The number of hydrogen-bond donors (Lipinski definition) is 2. The van der Waals surface area contributed by atoms with E-state index in [2.05, 4.69) is 15.6 Å². The monoisotopic (exact) mass is 456 g/mol. The number of hydrogen-bond acceptors (Lipinski definition) is 7. The number of aromatic nitrogens is 1. The van der Waals surface area contributed by atoms with Crippen LogP contribution in [0.5, 0.6) is 0 Å². The summed E-state index contributed by atoms with van der Waals surface area (Å²) in [6.45, 7) is 1.53. The van der Waals surface area contributed by atoms with Crippen LogP contribution < -0.4 is 10.6 Å². The summed E-state index contributed by atoms with van der Waals surface area (Å²) in [6.07, 6.45) is 3.17. The van der Waals surface area contributed by atoms with E-state index in [4.69, 9.17) is 0 Å². The Morgan fingerprint density at radius 2 is 1.97 bits per heavy atom. The number of thiazole rings is 1. The van der Waals surface area contributed by atoms with Crippen molar-refractivity contribution in [2.24, 2.45) is 5.92 Å². The van der Waals surface area contributed by atoms with Gasteiger partial charge in [-0.15, -0.1) is 22.7 Å². The minimum absolute atomic E-state index is 0.127. The second kappa shape index (κ2) is 9.79. The first kappa shape index (κ1) is 21.9. The molecule has 1 aliphatic rings. The van der Waals surface area contributed by atoms with Gasteiger partial charge in [0.1, 0.15) is 0 Å². The molecule has 1 saturated heterocycles. The Bertz CT molecular complexity index is 932. The fraction of sp³-hybridized carbons (Fsp3) is 0.500. The number of carbonyl (C=O) groups is 2. The van der Waals surface area contributed by atoms with Crippen LogP contribution in [0.25, 0.3) is 0 Å². The molecule has 158 valence electrons. The Morgan fingerprint density at radius 3 is 2.62 bits per heavy atom. The normalized spacial score (nSPS) is 15.9. The molecule has 2 N–H and O–H groups in total. The van der Waals surface area contributed by atoms with Gasteiger partial charge >= 0.3 is 0 Å². The zero-order chi connectivity index (χ0) is 20.9. The lowest BCUT2D eigenvalue weighted by molar-refractivity contribution is -0.120. The van der Waals surface area contributed by atoms with Gasteiger partial charge in [-0.3, -0.25) is 9.59 Å². The molecule has 0 unspecified atom stereocenters. The molecule has 0 bridgehead atoms. The fourth-order valence-electron chi connectivity index (χ4n) is 3.11. The predicted octanol–water partition coefficient (Wildman–Crippen LogP) is 1.72. The summed E-state index contributed by atoms with van der Waals surface area (Å²) >= 11 is 2.83. The van der Waals surface area contributed by atoms with Crippen molar-refractivity contribution in [3.63, 3.8) is 0 Å². The molecule has 1 aliphatic heterocycles. The van der Waals surface area contributed by atoms with Gasteiger partial charge in [0.05, 0.1) is 24.8 Å². The predicted molar refractivity (Wildman–Crippen MR) is 115 cm³/mol. The van der Waals surface area contributed by atoms with E-state index >= 15 is 0 Å². The maximum absolute atomic E-state index is 12.2. The fourth-order valence-corrected chi connectivity index (χ4v) is 5.41. The number of thiophene rings is 1. The van der Waals surface area contributed by atoms with Gasteiger partial charge in [0.2, 0.25) is 21.8 Å². The quantitative estimate of drug-likeness (QED) is 0.629. The lowest BCUT2D eigenvalue weighted by Gasteiger charge is -2.30. The molecule has 2 amide bonds. The standard InChI is InChI=1S/C18H24N4O4S3/c1-29(25,26)22-6-4-13(5-7-22)11-19-16(23)9-14-12-28-18(20-14)21-17(24)10-15-3-2-8-27-15/h2-3,8,12-13H,4-7,9-11H2,1H3,(H,19,23)(H,20,21,24). The van der Waals surface area contributed by atoms with Gasteiger partial charge in [0.25, 0.3) is 0 Å². The smallest absolute Gasteiger partial charge is 0.231 e. The minimum atomic E-state index is -3.13. The number of rotatable bonds is 8. The molecule has 0 atom stereocenters. The molecule has 0 saturated carbocycles. The molecule has 3 rings (SSSR count). The first-order chi connectivity index (χ1) is 13.8. The minimum Gasteiger partial charge on any atom is -0.355 e. The average Bonchev–Trinajstić information content (AvgIpc) is 3.32. The third kappa shape index (κ3) is 6.88. The van der Waals surface area contributed by atoms with Gasteiger partial charge in [-0.1, -0.05) is 6.07 Å². The topological polar surface area (TPSA) is 108 Å². The summed E-state index contributed by atoms with van der Waals surface area (Å²) < 4.78 is 24.6. The number of anilines is 1. The summed E-state index contributed by atoms with van der Waals surface area (Å²) in [5.41, 5.74) is 0.616. The molecule has 29 heavy (non-hydrogen) atoms. The highest BCUT2D eigenvalue weighted by molar-refractivity contribution is 7.88. The van der Waals surface area contributed by atoms with Gasteiger partial charge in [-0.2, -0.15) is 0 Å². The number of carbonyl (C=O) groups excluding carboxylic acids is 2. The van der Waals surface area contributed by atoms with E-state index in [0.717, 1.165) is 17.7 Å². The van der Waals surface area contributed by atoms with Crippen LogP contribution in [0.4, 0.5) is 5.13 Å². The van der Waals surface area contributed by atoms with Gasteiger partial charge in [-0.25, -0.2) is 17.7 Å². The SMILES string of the molecule is CS(=O)(=O)N1CCC(CNC(=O)Cc2csc(NC(=O)Cc3cccs3)n2)CC1.